The number of rotatable bonds is 4. The van der Waals surface area contributed by atoms with Crippen LogP contribution in [-0.4, -0.2) is 27.8 Å². The molecule has 1 fully saturated rings. The zero-order valence-corrected chi connectivity index (χ0v) is 12.6. The van der Waals surface area contributed by atoms with Gasteiger partial charge in [0, 0.05) is 38.1 Å². The van der Waals surface area contributed by atoms with Gasteiger partial charge in [-0.15, -0.1) is 0 Å². The summed E-state index contributed by atoms with van der Waals surface area (Å²) in [4.78, 5) is 12.9. The Morgan fingerprint density at radius 1 is 1.39 bits per heavy atom. The molecule has 23 heavy (non-hydrogen) atoms. The number of benzene rings is 1. The molecule has 0 spiro atoms. The molecule has 0 bridgehead atoms. The molecule has 1 aliphatic rings. The van der Waals surface area contributed by atoms with Gasteiger partial charge in [-0.1, -0.05) is 0 Å². The Bertz CT molecular complexity index is 727. The second-order valence-corrected chi connectivity index (χ2v) is 5.73. The number of nitriles is 1. The Hall–Kier alpha value is -2.88. The molecule has 3 rings (SSSR count). The number of nitro benzene ring substituents is 1. The van der Waals surface area contributed by atoms with Crippen molar-refractivity contribution in [2.45, 2.75) is 19.4 Å². The third-order valence-electron chi connectivity index (χ3n) is 4.26. The van der Waals surface area contributed by atoms with Gasteiger partial charge >= 0.3 is 0 Å². The van der Waals surface area contributed by atoms with E-state index in [-0.39, 0.29) is 5.69 Å². The van der Waals surface area contributed by atoms with E-state index in [1.807, 2.05) is 27.9 Å². The quantitative estimate of drug-likeness (QED) is 0.639. The number of nitrogens with zero attached hydrogens (tertiary/aromatic N) is 5. The monoisotopic (exact) mass is 311 g/mol. The van der Waals surface area contributed by atoms with Crippen LogP contribution in [0.4, 0.5) is 11.4 Å². The minimum absolute atomic E-state index is 0.00887. The molecule has 1 saturated heterocycles. The van der Waals surface area contributed by atoms with Crippen LogP contribution in [0.5, 0.6) is 0 Å². The van der Waals surface area contributed by atoms with E-state index in [1.54, 1.807) is 18.3 Å². The molecule has 0 aliphatic carbocycles. The lowest BCUT2D eigenvalue weighted by Crippen LogP contribution is -2.35. The molecule has 1 aromatic carbocycles. The normalized spacial score (nSPS) is 15.3. The topological polar surface area (TPSA) is 88.0 Å². The molecule has 118 valence electrons. The molecule has 0 N–H and O–H groups in total. The van der Waals surface area contributed by atoms with Gasteiger partial charge in [0.05, 0.1) is 16.6 Å². The zero-order valence-electron chi connectivity index (χ0n) is 12.6. The molecule has 0 atom stereocenters. The van der Waals surface area contributed by atoms with Gasteiger partial charge in [0.25, 0.3) is 5.69 Å². The van der Waals surface area contributed by atoms with Crippen LogP contribution in [0.3, 0.4) is 0 Å². The van der Waals surface area contributed by atoms with Gasteiger partial charge in [0.15, 0.2) is 0 Å². The van der Waals surface area contributed by atoms with Crippen molar-refractivity contribution in [1.29, 1.82) is 5.26 Å². The van der Waals surface area contributed by atoms with Crippen molar-refractivity contribution in [3.05, 3.63) is 52.3 Å². The van der Waals surface area contributed by atoms with Crippen molar-refractivity contribution in [2.24, 2.45) is 5.92 Å². The van der Waals surface area contributed by atoms with Crippen LogP contribution < -0.4 is 4.90 Å². The molecular weight excluding hydrogens is 294 g/mol. The third kappa shape index (κ3) is 3.31. The highest BCUT2D eigenvalue weighted by atomic mass is 16.6. The van der Waals surface area contributed by atoms with E-state index < -0.39 is 4.92 Å². The highest BCUT2D eigenvalue weighted by Gasteiger charge is 2.25. The van der Waals surface area contributed by atoms with Gasteiger partial charge in [-0.3, -0.25) is 14.8 Å². The van der Waals surface area contributed by atoms with Gasteiger partial charge in [-0.05, 0) is 37.0 Å². The predicted octanol–water partition coefficient (Wildman–Crippen LogP) is 2.58. The maximum atomic E-state index is 11.3. The van der Waals surface area contributed by atoms with Crippen LogP contribution in [0.15, 0.2) is 36.7 Å². The summed E-state index contributed by atoms with van der Waals surface area (Å²) in [5.74, 6) is 0.531. The van der Waals surface area contributed by atoms with E-state index in [9.17, 15) is 10.1 Å². The summed E-state index contributed by atoms with van der Waals surface area (Å²) in [6.45, 7) is 2.44. The first-order valence-corrected chi connectivity index (χ1v) is 7.58. The number of piperidine rings is 1. The average Bonchev–Trinajstić information content (AvgIpc) is 3.08. The average molecular weight is 311 g/mol. The van der Waals surface area contributed by atoms with E-state index >= 15 is 0 Å². The third-order valence-corrected chi connectivity index (χ3v) is 4.26. The summed E-state index contributed by atoms with van der Waals surface area (Å²) < 4.78 is 1.94. The SMILES string of the molecule is N#Cc1ccc(N2CCC(Cn3cccn3)CC2)c([N+](=O)[O-])c1. The highest BCUT2D eigenvalue weighted by molar-refractivity contribution is 5.65. The molecule has 7 nitrogen and oxygen atoms in total. The molecule has 2 aromatic rings. The number of aromatic nitrogens is 2. The first kappa shape index (κ1) is 15.0. The minimum atomic E-state index is -0.411. The van der Waals surface area contributed by atoms with E-state index in [0.29, 0.717) is 17.2 Å². The predicted molar refractivity (Wildman–Crippen MR) is 85.0 cm³/mol. The van der Waals surface area contributed by atoms with Gasteiger partial charge < -0.3 is 4.90 Å². The standard InChI is InChI=1S/C16H17N5O2/c17-11-14-2-3-15(16(10-14)21(22)23)19-8-4-13(5-9-19)12-20-7-1-6-18-20/h1-3,6-7,10,13H,4-5,8-9,12H2. The van der Waals surface area contributed by atoms with Crippen molar-refractivity contribution >= 4 is 11.4 Å². The van der Waals surface area contributed by atoms with E-state index in [4.69, 9.17) is 5.26 Å². The lowest BCUT2D eigenvalue weighted by atomic mass is 9.96. The number of anilines is 1. The summed E-state index contributed by atoms with van der Waals surface area (Å²) in [7, 11) is 0. The first-order valence-electron chi connectivity index (χ1n) is 7.58. The zero-order chi connectivity index (χ0) is 16.2. The molecule has 7 heteroatoms. The van der Waals surface area contributed by atoms with E-state index in [1.165, 1.54) is 6.07 Å². The molecular formula is C16H17N5O2. The van der Waals surface area contributed by atoms with Crippen molar-refractivity contribution in [3.63, 3.8) is 0 Å². The van der Waals surface area contributed by atoms with E-state index in [2.05, 4.69) is 5.10 Å². The van der Waals surface area contributed by atoms with E-state index in [0.717, 1.165) is 32.5 Å². The Balaban J connectivity index is 1.70. The second-order valence-electron chi connectivity index (χ2n) is 5.73. The van der Waals surface area contributed by atoms with Crippen molar-refractivity contribution in [3.8, 4) is 6.07 Å². The molecule has 0 amide bonds. The maximum absolute atomic E-state index is 11.3. The Kier molecular flexibility index (Phi) is 4.24. The fraction of sp³-hybridized carbons (Fsp3) is 0.375. The molecule has 1 aliphatic heterocycles. The summed E-state index contributed by atoms with van der Waals surface area (Å²) in [6.07, 6.45) is 5.67. The van der Waals surface area contributed by atoms with Gasteiger partial charge in [-0.2, -0.15) is 10.4 Å². The Morgan fingerprint density at radius 3 is 2.78 bits per heavy atom. The number of nitro groups is 1. The summed E-state index contributed by atoms with van der Waals surface area (Å²) in [5.41, 5.74) is 0.926. The molecule has 1 aromatic heterocycles. The Morgan fingerprint density at radius 2 is 2.17 bits per heavy atom. The van der Waals surface area contributed by atoms with Crippen molar-refractivity contribution in [1.82, 2.24) is 9.78 Å². The van der Waals surface area contributed by atoms with Crippen LogP contribution in [0.1, 0.15) is 18.4 Å². The molecule has 0 unspecified atom stereocenters. The molecule has 2 heterocycles. The smallest absolute Gasteiger partial charge is 0.293 e. The minimum Gasteiger partial charge on any atom is -0.366 e. The van der Waals surface area contributed by atoms with Gasteiger partial charge in [0.2, 0.25) is 0 Å². The fourth-order valence-corrected chi connectivity index (χ4v) is 3.04. The molecule has 0 saturated carbocycles. The first-order chi connectivity index (χ1) is 11.2. The number of hydrogen-bond acceptors (Lipinski definition) is 5. The van der Waals surface area contributed by atoms with Gasteiger partial charge in [0.1, 0.15) is 5.69 Å². The van der Waals surface area contributed by atoms with Crippen LogP contribution in [0, 0.1) is 27.4 Å². The maximum Gasteiger partial charge on any atom is 0.293 e. The summed E-state index contributed by atoms with van der Waals surface area (Å²) in [6, 6.07) is 8.54. The molecule has 0 radical (unpaired) electrons. The van der Waals surface area contributed by atoms with Crippen LogP contribution >= 0.6 is 0 Å². The van der Waals surface area contributed by atoms with Crippen LogP contribution in [0.25, 0.3) is 0 Å². The van der Waals surface area contributed by atoms with Crippen LogP contribution in [0.2, 0.25) is 0 Å². The van der Waals surface area contributed by atoms with Crippen molar-refractivity contribution < 1.29 is 4.92 Å². The largest absolute Gasteiger partial charge is 0.366 e. The number of hydrogen-bond donors (Lipinski definition) is 0. The second kappa shape index (κ2) is 6.48. The van der Waals surface area contributed by atoms with Crippen molar-refractivity contribution in [2.75, 3.05) is 18.0 Å². The lowest BCUT2D eigenvalue weighted by molar-refractivity contribution is -0.384. The highest BCUT2D eigenvalue weighted by Crippen LogP contribution is 2.32. The summed E-state index contributed by atoms with van der Waals surface area (Å²) >= 11 is 0. The Labute approximate surface area is 133 Å². The van der Waals surface area contributed by atoms with Gasteiger partial charge in [-0.25, -0.2) is 0 Å². The lowest BCUT2D eigenvalue weighted by Gasteiger charge is -2.33. The fourth-order valence-electron chi connectivity index (χ4n) is 3.04. The summed E-state index contributed by atoms with van der Waals surface area (Å²) in [5, 5.41) is 24.4. The van der Waals surface area contributed by atoms with Crippen LogP contribution in [-0.2, 0) is 6.54 Å².